The maximum absolute atomic E-state index is 11.1. The summed E-state index contributed by atoms with van der Waals surface area (Å²) in [6, 6.07) is 6.55. The molecular formula is C14H13ClN2O4. The zero-order valence-corrected chi connectivity index (χ0v) is 12.1. The smallest absolute Gasteiger partial charge is 0.337 e. The summed E-state index contributed by atoms with van der Waals surface area (Å²) in [5.41, 5.74) is 0.569. The maximum Gasteiger partial charge on any atom is 0.337 e. The summed E-state index contributed by atoms with van der Waals surface area (Å²) in [6.07, 6.45) is 1.28. The van der Waals surface area contributed by atoms with Gasteiger partial charge in [-0.1, -0.05) is 11.6 Å². The highest BCUT2D eigenvalue weighted by Crippen LogP contribution is 2.31. The molecule has 0 aliphatic rings. The van der Waals surface area contributed by atoms with Gasteiger partial charge in [0.25, 0.3) is 0 Å². The number of carboxylic acids is 1. The highest BCUT2D eigenvalue weighted by atomic mass is 35.5. The fourth-order valence-corrected chi connectivity index (χ4v) is 1.90. The van der Waals surface area contributed by atoms with Crippen molar-refractivity contribution in [2.24, 2.45) is 0 Å². The van der Waals surface area contributed by atoms with Crippen LogP contribution in [-0.4, -0.2) is 30.3 Å². The summed E-state index contributed by atoms with van der Waals surface area (Å²) >= 11 is 5.78. The molecule has 0 amide bonds. The molecule has 1 aromatic heterocycles. The summed E-state index contributed by atoms with van der Waals surface area (Å²) in [4.78, 5) is 15.1. The molecule has 0 bridgehead atoms. The molecule has 0 radical (unpaired) electrons. The second-order valence-electron chi connectivity index (χ2n) is 4.05. The van der Waals surface area contributed by atoms with Crippen LogP contribution in [0, 0.1) is 0 Å². The lowest BCUT2D eigenvalue weighted by molar-refractivity contribution is 0.0697. The van der Waals surface area contributed by atoms with Crippen molar-refractivity contribution < 1.29 is 19.4 Å². The third-order valence-corrected chi connectivity index (χ3v) is 3.06. The predicted octanol–water partition coefficient (Wildman–Crippen LogP) is 3.19. The van der Waals surface area contributed by atoms with Gasteiger partial charge < -0.3 is 19.9 Å². The zero-order chi connectivity index (χ0) is 15.4. The number of rotatable bonds is 5. The minimum absolute atomic E-state index is 0.0315. The van der Waals surface area contributed by atoms with Crippen molar-refractivity contribution >= 4 is 29.1 Å². The number of hydrogen-bond donors (Lipinski definition) is 2. The SMILES string of the molecule is COc1ccc(OC)c(Nc2cc(C(=O)O)c(Cl)cn2)c1. The average Bonchev–Trinajstić information content (AvgIpc) is 2.48. The van der Waals surface area contributed by atoms with E-state index >= 15 is 0 Å². The molecule has 0 saturated carbocycles. The van der Waals surface area contributed by atoms with Crippen molar-refractivity contribution in [2.45, 2.75) is 0 Å². The largest absolute Gasteiger partial charge is 0.497 e. The van der Waals surface area contributed by atoms with E-state index in [-0.39, 0.29) is 10.6 Å². The van der Waals surface area contributed by atoms with Gasteiger partial charge in [0, 0.05) is 12.3 Å². The normalized spacial score (nSPS) is 10.0. The number of carboxylic acid groups (broad SMARTS) is 1. The van der Waals surface area contributed by atoms with Crippen LogP contribution in [0.4, 0.5) is 11.5 Å². The third kappa shape index (κ3) is 3.35. The summed E-state index contributed by atoms with van der Waals surface area (Å²) < 4.78 is 10.4. The Kier molecular flexibility index (Phi) is 4.49. The molecule has 0 spiro atoms. The number of halogens is 1. The molecule has 2 N–H and O–H groups in total. The minimum Gasteiger partial charge on any atom is -0.497 e. The van der Waals surface area contributed by atoms with Crippen molar-refractivity contribution in [3.05, 3.63) is 41.0 Å². The number of nitrogens with zero attached hydrogens (tertiary/aromatic N) is 1. The highest BCUT2D eigenvalue weighted by molar-refractivity contribution is 6.33. The Morgan fingerprint density at radius 2 is 2.05 bits per heavy atom. The van der Waals surface area contributed by atoms with Gasteiger partial charge in [-0.2, -0.15) is 0 Å². The van der Waals surface area contributed by atoms with Gasteiger partial charge in [-0.05, 0) is 18.2 Å². The Bertz CT molecular complexity index is 676. The quantitative estimate of drug-likeness (QED) is 0.883. The highest BCUT2D eigenvalue weighted by Gasteiger charge is 2.12. The van der Waals surface area contributed by atoms with Gasteiger partial charge in [0.05, 0.1) is 30.5 Å². The van der Waals surface area contributed by atoms with Crippen molar-refractivity contribution in [1.29, 1.82) is 0 Å². The molecule has 0 atom stereocenters. The van der Waals surface area contributed by atoms with E-state index in [2.05, 4.69) is 10.3 Å². The monoisotopic (exact) mass is 308 g/mol. The fourth-order valence-electron chi connectivity index (χ4n) is 1.72. The molecule has 0 unspecified atom stereocenters. The van der Waals surface area contributed by atoms with Crippen LogP contribution in [0.15, 0.2) is 30.5 Å². The van der Waals surface area contributed by atoms with Crippen LogP contribution in [0.3, 0.4) is 0 Å². The number of pyridine rings is 1. The van der Waals surface area contributed by atoms with E-state index in [4.69, 9.17) is 26.2 Å². The van der Waals surface area contributed by atoms with Gasteiger partial charge in [-0.15, -0.1) is 0 Å². The predicted molar refractivity (Wildman–Crippen MR) is 79.0 cm³/mol. The number of nitrogens with one attached hydrogen (secondary N) is 1. The van der Waals surface area contributed by atoms with Gasteiger partial charge in [-0.3, -0.25) is 0 Å². The minimum atomic E-state index is -1.12. The summed E-state index contributed by atoms with van der Waals surface area (Å²) in [5, 5.41) is 12.1. The molecule has 110 valence electrons. The Balaban J connectivity index is 2.37. The summed E-state index contributed by atoms with van der Waals surface area (Å²) in [6.45, 7) is 0. The van der Waals surface area contributed by atoms with Gasteiger partial charge in [0.2, 0.25) is 0 Å². The maximum atomic E-state index is 11.1. The van der Waals surface area contributed by atoms with E-state index in [1.807, 2.05) is 0 Å². The van der Waals surface area contributed by atoms with Crippen LogP contribution in [0.5, 0.6) is 11.5 Å². The van der Waals surface area contributed by atoms with E-state index in [1.165, 1.54) is 19.4 Å². The molecule has 0 aliphatic heterocycles. The number of benzene rings is 1. The molecule has 21 heavy (non-hydrogen) atoms. The topological polar surface area (TPSA) is 80.7 Å². The lowest BCUT2D eigenvalue weighted by Crippen LogP contribution is -2.02. The number of anilines is 2. The van der Waals surface area contributed by atoms with Gasteiger partial charge in [0.1, 0.15) is 17.3 Å². The van der Waals surface area contributed by atoms with Crippen molar-refractivity contribution in [3.63, 3.8) is 0 Å². The average molecular weight is 309 g/mol. The number of carbonyl (C=O) groups is 1. The number of ether oxygens (including phenoxy) is 2. The van der Waals surface area contributed by atoms with E-state index in [9.17, 15) is 4.79 Å². The fraction of sp³-hybridized carbons (Fsp3) is 0.143. The van der Waals surface area contributed by atoms with E-state index in [0.717, 1.165) is 0 Å². The second-order valence-corrected chi connectivity index (χ2v) is 4.45. The molecule has 2 rings (SSSR count). The van der Waals surface area contributed by atoms with Gasteiger partial charge >= 0.3 is 5.97 Å². The van der Waals surface area contributed by atoms with Crippen molar-refractivity contribution in [3.8, 4) is 11.5 Å². The van der Waals surface area contributed by atoms with Crippen LogP contribution in [0.25, 0.3) is 0 Å². The van der Waals surface area contributed by atoms with Crippen molar-refractivity contribution in [1.82, 2.24) is 4.98 Å². The van der Waals surface area contributed by atoms with Crippen LogP contribution >= 0.6 is 11.6 Å². The zero-order valence-electron chi connectivity index (χ0n) is 11.4. The Morgan fingerprint density at radius 3 is 2.67 bits per heavy atom. The summed E-state index contributed by atoms with van der Waals surface area (Å²) in [7, 11) is 3.08. The Morgan fingerprint density at radius 1 is 1.29 bits per heavy atom. The summed E-state index contributed by atoms with van der Waals surface area (Å²) in [5.74, 6) is 0.418. The molecule has 0 fully saturated rings. The van der Waals surface area contributed by atoms with Gasteiger partial charge in [-0.25, -0.2) is 9.78 Å². The van der Waals surface area contributed by atoms with E-state index in [0.29, 0.717) is 23.0 Å². The first-order chi connectivity index (χ1) is 10.0. The molecule has 0 saturated heterocycles. The van der Waals surface area contributed by atoms with Crippen molar-refractivity contribution in [2.75, 3.05) is 19.5 Å². The molecule has 0 aliphatic carbocycles. The number of hydrogen-bond acceptors (Lipinski definition) is 5. The third-order valence-electron chi connectivity index (χ3n) is 2.76. The standard InChI is InChI=1S/C14H13ClN2O4/c1-20-8-3-4-12(21-2)11(5-8)17-13-6-9(14(18)19)10(15)7-16-13/h3-7H,1-2H3,(H,16,17)(H,18,19). The number of aromatic carboxylic acids is 1. The van der Waals surface area contributed by atoms with Crippen LogP contribution in [-0.2, 0) is 0 Å². The first-order valence-corrected chi connectivity index (χ1v) is 6.31. The Labute approximate surface area is 126 Å². The van der Waals surface area contributed by atoms with Crippen LogP contribution in [0.1, 0.15) is 10.4 Å². The molecule has 6 nitrogen and oxygen atoms in total. The number of aromatic nitrogens is 1. The molecule has 2 aromatic rings. The first-order valence-electron chi connectivity index (χ1n) is 5.93. The Hall–Kier alpha value is -2.47. The molecule has 1 aromatic carbocycles. The molecule has 1 heterocycles. The lowest BCUT2D eigenvalue weighted by atomic mass is 10.2. The first kappa shape index (κ1) is 14.9. The van der Waals surface area contributed by atoms with Crippen LogP contribution < -0.4 is 14.8 Å². The second kappa shape index (κ2) is 6.32. The molecule has 7 heteroatoms. The van der Waals surface area contributed by atoms with Gasteiger partial charge in [0.15, 0.2) is 0 Å². The van der Waals surface area contributed by atoms with E-state index < -0.39 is 5.97 Å². The molecular weight excluding hydrogens is 296 g/mol. The van der Waals surface area contributed by atoms with Crippen LogP contribution in [0.2, 0.25) is 5.02 Å². The van der Waals surface area contributed by atoms with E-state index in [1.54, 1.807) is 25.3 Å². The number of methoxy groups -OCH3 is 2. The lowest BCUT2D eigenvalue weighted by Gasteiger charge is -2.12.